The molecule has 0 spiro atoms. The molecule has 2 rings (SSSR count). The normalized spacial score (nSPS) is 11.4. The number of carbonyl (C=O) groups excluding carboxylic acids is 1. The second-order valence-electron chi connectivity index (χ2n) is 5.93. The average molecular weight is 376 g/mol. The average Bonchev–Trinajstić information content (AvgIpc) is 2.62. The lowest BCUT2D eigenvalue weighted by molar-refractivity contribution is 0.171. The van der Waals surface area contributed by atoms with Crippen molar-refractivity contribution in [1.82, 2.24) is 10.2 Å². The first kappa shape index (κ1) is 20.0. The summed E-state index contributed by atoms with van der Waals surface area (Å²) in [5, 5.41) is 11.5. The van der Waals surface area contributed by atoms with Gasteiger partial charge in [0.2, 0.25) is 0 Å². The number of ether oxygens (including phenoxy) is 2. The Labute approximate surface area is 156 Å². The largest absolute Gasteiger partial charge is 0.494 e. The van der Waals surface area contributed by atoms with Crippen LogP contribution in [0, 0.1) is 5.82 Å². The predicted molar refractivity (Wildman–Crippen MR) is 96.6 cm³/mol. The van der Waals surface area contributed by atoms with E-state index in [9.17, 15) is 14.0 Å². The van der Waals surface area contributed by atoms with Gasteiger partial charge in [-0.25, -0.2) is 14.0 Å². The number of halogens is 1. The van der Waals surface area contributed by atoms with E-state index in [-0.39, 0.29) is 12.4 Å². The minimum absolute atomic E-state index is 0.207. The first-order valence-electron chi connectivity index (χ1n) is 8.22. The van der Waals surface area contributed by atoms with Gasteiger partial charge in [-0.1, -0.05) is 12.1 Å². The molecule has 0 saturated heterocycles. The SMILES string of the molecule is CN(C)C(=O)Oc1cccc(C(CCOc2ccc(F)cc2)NC(=O)O)c1. The van der Waals surface area contributed by atoms with E-state index < -0.39 is 18.2 Å². The van der Waals surface area contributed by atoms with Gasteiger partial charge in [-0.05, 0) is 42.0 Å². The molecule has 2 aromatic rings. The Balaban J connectivity index is 2.05. The number of nitrogens with one attached hydrogen (secondary N) is 1. The molecule has 0 heterocycles. The molecule has 1 atom stereocenters. The summed E-state index contributed by atoms with van der Waals surface area (Å²) in [6.45, 7) is 0.207. The van der Waals surface area contributed by atoms with Gasteiger partial charge in [0.15, 0.2) is 0 Å². The van der Waals surface area contributed by atoms with E-state index in [1.165, 1.54) is 29.2 Å². The van der Waals surface area contributed by atoms with Gasteiger partial charge in [0.25, 0.3) is 0 Å². The second kappa shape index (κ2) is 9.42. The number of carbonyl (C=O) groups is 2. The van der Waals surface area contributed by atoms with E-state index in [2.05, 4.69) is 5.32 Å². The number of carboxylic acid groups (broad SMARTS) is 1. The number of hydrogen-bond acceptors (Lipinski definition) is 4. The lowest BCUT2D eigenvalue weighted by Gasteiger charge is -2.19. The molecule has 0 radical (unpaired) electrons. The highest BCUT2D eigenvalue weighted by molar-refractivity contribution is 5.70. The lowest BCUT2D eigenvalue weighted by Crippen LogP contribution is -2.28. The van der Waals surface area contributed by atoms with Crippen LogP contribution in [0.1, 0.15) is 18.0 Å². The van der Waals surface area contributed by atoms with Crippen LogP contribution in [0.3, 0.4) is 0 Å². The van der Waals surface area contributed by atoms with Gasteiger partial charge in [-0.3, -0.25) is 0 Å². The highest BCUT2D eigenvalue weighted by Gasteiger charge is 2.16. The Kier molecular flexibility index (Phi) is 6.99. The standard InChI is InChI=1S/C19H21FN2O5/c1-22(2)19(25)27-16-5-3-4-13(12-16)17(21-18(23)24)10-11-26-15-8-6-14(20)7-9-15/h3-9,12,17,21H,10-11H2,1-2H3,(H,23,24). The van der Waals surface area contributed by atoms with E-state index in [0.717, 1.165) is 0 Å². The first-order valence-corrected chi connectivity index (χ1v) is 8.22. The summed E-state index contributed by atoms with van der Waals surface area (Å²) >= 11 is 0. The van der Waals surface area contributed by atoms with E-state index in [1.807, 2.05) is 0 Å². The molecule has 2 amide bonds. The van der Waals surface area contributed by atoms with Crippen molar-refractivity contribution in [2.45, 2.75) is 12.5 Å². The van der Waals surface area contributed by atoms with E-state index in [4.69, 9.17) is 14.6 Å². The molecule has 0 aliphatic rings. The van der Waals surface area contributed by atoms with Gasteiger partial charge in [-0.2, -0.15) is 0 Å². The molecule has 27 heavy (non-hydrogen) atoms. The van der Waals surface area contributed by atoms with Crippen molar-refractivity contribution < 1.29 is 28.6 Å². The van der Waals surface area contributed by atoms with Crippen molar-refractivity contribution in [2.24, 2.45) is 0 Å². The van der Waals surface area contributed by atoms with Gasteiger partial charge in [0, 0.05) is 20.5 Å². The molecule has 144 valence electrons. The summed E-state index contributed by atoms with van der Waals surface area (Å²) in [5.41, 5.74) is 0.629. The van der Waals surface area contributed by atoms with E-state index in [1.54, 1.807) is 38.4 Å². The van der Waals surface area contributed by atoms with E-state index >= 15 is 0 Å². The zero-order chi connectivity index (χ0) is 19.8. The van der Waals surface area contributed by atoms with Gasteiger partial charge >= 0.3 is 12.2 Å². The smallest absolute Gasteiger partial charge is 0.414 e. The Morgan fingerprint density at radius 3 is 2.48 bits per heavy atom. The zero-order valence-corrected chi connectivity index (χ0v) is 15.0. The zero-order valence-electron chi connectivity index (χ0n) is 15.0. The van der Waals surface area contributed by atoms with Crippen molar-refractivity contribution >= 4 is 12.2 Å². The molecular formula is C19H21FN2O5. The van der Waals surface area contributed by atoms with Crippen molar-refractivity contribution in [2.75, 3.05) is 20.7 Å². The van der Waals surface area contributed by atoms with Crippen LogP contribution in [0.2, 0.25) is 0 Å². The molecule has 0 saturated carbocycles. The van der Waals surface area contributed by atoms with E-state index in [0.29, 0.717) is 23.5 Å². The molecular weight excluding hydrogens is 355 g/mol. The van der Waals surface area contributed by atoms with Crippen LogP contribution in [0.15, 0.2) is 48.5 Å². The summed E-state index contributed by atoms with van der Waals surface area (Å²) in [7, 11) is 3.13. The first-order chi connectivity index (χ1) is 12.8. The third-order valence-corrected chi connectivity index (χ3v) is 3.62. The summed E-state index contributed by atoms with van der Waals surface area (Å²) in [6, 6.07) is 11.6. The molecule has 0 aliphatic carbocycles. The van der Waals surface area contributed by atoms with Crippen LogP contribution in [0.4, 0.5) is 14.0 Å². The number of rotatable bonds is 7. The summed E-state index contributed by atoms with van der Waals surface area (Å²) in [6.07, 6.45) is -1.39. The van der Waals surface area contributed by atoms with Gasteiger partial charge in [0.1, 0.15) is 17.3 Å². The van der Waals surface area contributed by atoms with Crippen LogP contribution in [-0.2, 0) is 0 Å². The maximum atomic E-state index is 12.9. The summed E-state index contributed by atoms with van der Waals surface area (Å²) < 4.78 is 23.6. The molecule has 7 nitrogen and oxygen atoms in total. The van der Waals surface area contributed by atoms with Crippen molar-refractivity contribution in [3.05, 3.63) is 59.9 Å². The van der Waals surface area contributed by atoms with Crippen LogP contribution in [-0.4, -0.2) is 42.9 Å². The summed E-state index contributed by atoms with van der Waals surface area (Å²) in [5.74, 6) is 0.429. The van der Waals surface area contributed by atoms with Gasteiger partial charge < -0.3 is 24.8 Å². The van der Waals surface area contributed by atoms with Crippen molar-refractivity contribution in [3.63, 3.8) is 0 Å². The molecule has 2 aromatic carbocycles. The quantitative estimate of drug-likeness (QED) is 0.770. The molecule has 0 aromatic heterocycles. The number of amides is 2. The highest BCUT2D eigenvalue weighted by Crippen LogP contribution is 2.23. The van der Waals surface area contributed by atoms with Crippen LogP contribution in [0.25, 0.3) is 0 Å². The Morgan fingerprint density at radius 2 is 1.85 bits per heavy atom. The van der Waals surface area contributed by atoms with Gasteiger partial charge in [0.05, 0.1) is 12.6 Å². The fourth-order valence-corrected chi connectivity index (χ4v) is 2.28. The maximum Gasteiger partial charge on any atom is 0.414 e. The van der Waals surface area contributed by atoms with Crippen LogP contribution in [0.5, 0.6) is 11.5 Å². The molecule has 0 aliphatic heterocycles. The predicted octanol–water partition coefficient (Wildman–Crippen LogP) is 3.66. The van der Waals surface area contributed by atoms with Crippen LogP contribution < -0.4 is 14.8 Å². The molecule has 8 heteroatoms. The monoisotopic (exact) mass is 376 g/mol. The second-order valence-corrected chi connectivity index (χ2v) is 5.93. The number of hydrogen-bond donors (Lipinski definition) is 2. The molecule has 0 bridgehead atoms. The Hall–Kier alpha value is -3.29. The third kappa shape index (κ3) is 6.50. The number of benzene rings is 2. The van der Waals surface area contributed by atoms with Crippen molar-refractivity contribution in [1.29, 1.82) is 0 Å². The van der Waals surface area contributed by atoms with Gasteiger partial charge in [-0.15, -0.1) is 0 Å². The Bertz CT molecular complexity index is 780. The topological polar surface area (TPSA) is 88.1 Å². The van der Waals surface area contributed by atoms with Crippen molar-refractivity contribution in [3.8, 4) is 11.5 Å². The van der Waals surface area contributed by atoms with Crippen LogP contribution >= 0.6 is 0 Å². The minimum Gasteiger partial charge on any atom is -0.494 e. The molecule has 1 unspecified atom stereocenters. The molecule has 0 fully saturated rings. The third-order valence-electron chi connectivity index (χ3n) is 3.62. The molecule has 2 N–H and O–H groups in total. The fraction of sp³-hybridized carbons (Fsp3) is 0.263. The Morgan fingerprint density at radius 1 is 1.15 bits per heavy atom. The minimum atomic E-state index is -1.18. The summed E-state index contributed by atoms with van der Waals surface area (Å²) in [4.78, 5) is 24.1. The lowest BCUT2D eigenvalue weighted by atomic mass is 10.0. The highest BCUT2D eigenvalue weighted by atomic mass is 19.1. The fourth-order valence-electron chi connectivity index (χ4n) is 2.28. The number of nitrogens with zero attached hydrogens (tertiary/aromatic N) is 1. The maximum absolute atomic E-state index is 12.9.